The van der Waals surface area contributed by atoms with E-state index in [9.17, 15) is 0 Å². The molecule has 29 heavy (non-hydrogen) atoms. The van der Waals surface area contributed by atoms with Gasteiger partial charge in [0.15, 0.2) is 0 Å². The molecule has 1 aliphatic heterocycles. The molecule has 144 valence electrons. The van der Waals surface area contributed by atoms with E-state index < -0.39 is 0 Å². The minimum absolute atomic E-state index is 0.363. The molecule has 3 aromatic heterocycles. The normalized spacial score (nSPS) is 12.8. The van der Waals surface area contributed by atoms with Gasteiger partial charge in [0.25, 0.3) is 0 Å². The average Bonchev–Trinajstić information content (AvgIpc) is 3.43. The van der Waals surface area contributed by atoms with Gasteiger partial charge < -0.3 is 19.0 Å². The molecule has 0 aliphatic carbocycles. The largest absolute Gasteiger partial charge is 0.486 e. The van der Waals surface area contributed by atoms with Crippen molar-refractivity contribution in [2.75, 3.05) is 11.6 Å². The highest BCUT2D eigenvalue weighted by atomic mass is 35.5. The number of fused-ring (bicyclic) bond motifs is 1. The molecule has 1 aliphatic rings. The van der Waals surface area contributed by atoms with Crippen molar-refractivity contribution >= 4 is 29.2 Å². The average molecular weight is 405 g/mol. The minimum Gasteiger partial charge on any atom is -0.486 e. The van der Waals surface area contributed by atoms with Gasteiger partial charge in [0.2, 0.25) is 0 Å². The number of aromatic nitrogens is 2. The van der Waals surface area contributed by atoms with Gasteiger partial charge in [0, 0.05) is 18.1 Å². The Morgan fingerprint density at radius 1 is 1.14 bits per heavy atom. The fourth-order valence-corrected chi connectivity index (χ4v) is 3.50. The van der Waals surface area contributed by atoms with Gasteiger partial charge in [-0.25, -0.2) is 0 Å². The SMILES string of the molecule is Clc1cc(N2CN=Cc3[nH]c(-c4ccco4)cc32)ccc1OCc1ccccn1. The fourth-order valence-electron chi connectivity index (χ4n) is 3.27. The number of nitrogens with zero attached hydrogens (tertiary/aromatic N) is 3. The second kappa shape index (κ2) is 7.48. The van der Waals surface area contributed by atoms with Gasteiger partial charge in [-0.1, -0.05) is 17.7 Å². The van der Waals surface area contributed by atoms with Crippen LogP contribution < -0.4 is 9.64 Å². The van der Waals surface area contributed by atoms with E-state index in [4.69, 9.17) is 20.8 Å². The number of rotatable bonds is 5. The summed E-state index contributed by atoms with van der Waals surface area (Å²) >= 11 is 6.50. The summed E-state index contributed by atoms with van der Waals surface area (Å²) in [5.41, 5.74) is 4.63. The molecule has 0 bridgehead atoms. The van der Waals surface area contributed by atoms with Crippen molar-refractivity contribution < 1.29 is 9.15 Å². The van der Waals surface area contributed by atoms with Crippen LogP contribution in [0, 0.1) is 0 Å². The summed E-state index contributed by atoms with van der Waals surface area (Å²) in [6, 6.07) is 17.3. The zero-order chi connectivity index (χ0) is 19.6. The zero-order valence-corrected chi connectivity index (χ0v) is 16.1. The number of benzene rings is 1. The number of nitrogens with one attached hydrogen (secondary N) is 1. The first kappa shape index (κ1) is 17.6. The number of aromatic amines is 1. The minimum atomic E-state index is 0.363. The molecule has 6 nitrogen and oxygen atoms in total. The van der Waals surface area contributed by atoms with E-state index in [2.05, 4.69) is 25.9 Å². The molecule has 0 spiro atoms. The van der Waals surface area contributed by atoms with E-state index in [-0.39, 0.29) is 0 Å². The van der Waals surface area contributed by atoms with E-state index in [0.29, 0.717) is 24.0 Å². The highest BCUT2D eigenvalue weighted by Gasteiger charge is 2.21. The van der Waals surface area contributed by atoms with Crippen molar-refractivity contribution in [1.29, 1.82) is 0 Å². The Kier molecular flexibility index (Phi) is 4.54. The van der Waals surface area contributed by atoms with Crippen LogP contribution in [0.5, 0.6) is 5.75 Å². The lowest BCUT2D eigenvalue weighted by atomic mass is 10.2. The van der Waals surface area contributed by atoms with Gasteiger partial charge in [0.05, 0.1) is 34.1 Å². The third-order valence-corrected chi connectivity index (χ3v) is 4.97. The first-order valence-corrected chi connectivity index (χ1v) is 9.52. The summed E-state index contributed by atoms with van der Waals surface area (Å²) in [5.74, 6) is 1.40. The van der Waals surface area contributed by atoms with Crippen molar-refractivity contribution in [1.82, 2.24) is 9.97 Å². The molecule has 5 rings (SSSR count). The van der Waals surface area contributed by atoms with Crippen molar-refractivity contribution in [2.45, 2.75) is 6.61 Å². The number of aliphatic imine (C=N–C) groups is 1. The van der Waals surface area contributed by atoms with Crippen molar-refractivity contribution in [3.63, 3.8) is 0 Å². The fraction of sp³-hybridized carbons (Fsp3) is 0.0909. The Morgan fingerprint density at radius 3 is 2.90 bits per heavy atom. The van der Waals surface area contributed by atoms with Crippen molar-refractivity contribution in [3.8, 4) is 17.2 Å². The molecule has 4 heterocycles. The number of hydrogen-bond acceptors (Lipinski definition) is 5. The number of H-pyrrole nitrogens is 1. The highest BCUT2D eigenvalue weighted by molar-refractivity contribution is 6.32. The molecule has 1 N–H and O–H groups in total. The first-order valence-electron chi connectivity index (χ1n) is 9.14. The molecule has 4 aromatic rings. The second-order valence-electron chi connectivity index (χ2n) is 6.56. The predicted octanol–water partition coefficient (Wildman–Crippen LogP) is 5.43. The van der Waals surface area contributed by atoms with Crippen LogP contribution in [0.3, 0.4) is 0 Å². The van der Waals surface area contributed by atoms with Crippen LogP contribution >= 0.6 is 11.6 Å². The topological polar surface area (TPSA) is 66.7 Å². The van der Waals surface area contributed by atoms with Gasteiger partial charge in [-0.3, -0.25) is 9.98 Å². The number of ether oxygens (including phenoxy) is 1. The van der Waals surface area contributed by atoms with Gasteiger partial charge in [0.1, 0.15) is 24.8 Å². The lowest BCUT2D eigenvalue weighted by Crippen LogP contribution is -2.21. The van der Waals surface area contributed by atoms with E-state index in [1.54, 1.807) is 12.5 Å². The van der Waals surface area contributed by atoms with E-state index in [1.807, 2.05) is 54.7 Å². The highest BCUT2D eigenvalue weighted by Crippen LogP contribution is 2.37. The monoisotopic (exact) mass is 404 g/mol. The number of anilines is 2. The summed E-state index contributed by atoms with van der Waals surface area (Å²) in [6.45, 7) is 0.870. The molecular formula is C22H17ClN4O2. The van der Waals surface area contributed by atoms with E-state index in [1.165, 1.54) is 0 Å². The molecule has 0 unspecified atom stereocenters. The Hall–Kier alpha value is -3.51. The number of pyridine rings is 1. The number of hydrogen-bond donors (Lipinski definition) is 1. The summed E-state index contributed by atoms with van der Waals surface area (Å²) in [5, 5.41) is 0.538. The molecular weight excluding hydrogens is 388 g/mol. The smallest absolute Gasteiger partial charge is 0.150 e. The molecule has 0 saturated carbocycles. The Labute approximate surface area is 172 Å². The molecule has 0 saturated heterocycles. The third-order valence-electron chi connectivity index (χ3n) is 4.68. The van der Waals surface area contributed by atoms with Crippen LogP contribution in [-0.4, -0.2) is 22.9 Å². The second-order valence-corrected chi connectivity index (χ2v) is 6.97. The number of halogens is 1. The van der Waals surface area contributed by atoms with Crippen molar-refractivity contribution in [2.24, 2.45) is 4.99 Å². The van der Waals surface area contributed by atoms with Gasteiger partial charge in [-0.15, -0.1) is 0 Å². The maximum absolute atomic E-state index is 6.50. The molecule has 0 fully saturated rings. The van der Waals surface area contributed by atoms with Crippen LogP contribution in [0.25, 0.3) is 11.5 Å². The Morgan fingerprint density at radius 2 is 2.10 bits per heavy atom. The predicted molar refractivity (Wildman–Crippen MR) is 113 cm³/mol. The third kappa shape index (κ3) is 3.50. The maximum atomic E-state index is 6.50. The van der Waals surface area contributed by atoms with Gasteiger partial charge >= 0.3 is 0 Å². The van der Waals surface area contributed by atoms with Crippen LogP contribution in [0.4, 0.5) is 11.4 Å². The lowest BCUT2D eigenvalue weighted by molar-refractivity contribution is 0.301. The maximum Gasteiger partial charge on any atom is 0.150 e. The lowest BCUT2D eigenvalue weighted by Gasteiger charge is -2.25. The molecule has 0 amide bonds. The number of furan rings is 1. The Bertz CT molecular complexity index is 1150. The van der Waals surface area contributed by atoms with Crippen LogP contribution in [-0.2, 0) is 6.61 Å². The quantitative estimate of drug-likeness (QED) is 0.481. The summed E-state index contributed by atoms with van der Waals surface area (Å²) in [7, 11) is 0. The molecule has 0 radical (unpaired) electrons. The van der Waals surface area contributed by atoms with Crippen LogP contribution in [0.15, 0.2) is 76.5 Å². The summed E-state index contributed by atoms with van der Waals surface area (Å²) in [6.07, 6.45) is 5.24. The van der Waals surface area contributed by atoms with E-state index >= 15 is 0 Å². The standard InChI is InChI=1S/C22H17ClN4O2/c23-17-10-16(6-7-21(17)29-13-15-4-1-2-8-25-15)27-14-24-12-19-20(27)11-18(26-19)22-5-3-9-28-22/h1-12,26H,13-14H2. The first-order chi connectivity index (χ1) is 14.3. The van der Waals surface area contributed by atoms with Crippen molar-refractivity contribution in [3.05, 3.63) is 83.5 Å². The Balaban J connectivity index is 1.39. The molecule has 0 atom stereocenters. The van der Waals surface area contributed by atoms with Gasteiger partial charge in [-0.2, -0.15) is 0 Å². The summed E-state index contributed by atoms with van der Waals surface area (Å²) in [4.78, 5) is 14.2. The van der Waals surface area contributed by atoms with Gasteiger partial charge in [-0.05, 0) is 48.5 Å². The van der Waals surface area contributed by atoms with Crippen LogP contribution in [0.2, 0.25) is 5.02 Å². The van der Waals surface area contributed by atoms with Crippen LogP contribution in [0.1, 0.15) is 11.4 Å². The van der Waals surface area contributed by atoms with E-state index in [0.717, 1.165) is 34.2 Å². The molecule has 1 aromatic carbocycles. The summed E-state index contributed by atoms with van der Waals surface area (Å²) < 4.78 is 11.3. The zero-order valence-electron chi connectivity index (χ0n) is 15.4. The molecule has 7 heteroatoms.